The maximum absolute atomic E-state index is 11.3. The van der Waals surface area contributed by atoms with Crippen molar-refractivity contribution in [1.29, 1.82) is 0 Å². The molecule has 0 radical (unpaired) electrons. The zero-order chi connectivity index (χ0) is 17.6. The number of unbranched alkanes of at least 4 members (excludes halogenated alkanes) is 1. The fourth-order valence-corrected chi connectivity index (χ4v) is 3.89. The summed E-state index contributed by atoms with van der Waals surface area (Å²) < 4.78 is 5.79. The van der Waals surface area contributed by atoms with Crippen molar-refractivity contribution in [2.24, 2.45) is 0 Å². The third-order valence-electron chi connectivity index (χ3n) is 3.65. The lowest BCUT2D eigenvalue weighted by atomic mass is 10.2. The largest absolute Gasteiger partial charge is 0.494 e. The predicted octanol–water partition coefficient (Wildman–Crippen LogP) is 5.79. The van der Waals surface area contributed by atoms with Crippen molar-refractivity contribution in [3.63, 3.8) is 0 Å². The quantitative estimate of drug-likeness (QED) is 0.408. The summed E-state index contributed by atoms with van der Waals surface area (Å²) in [5.74, 6) is 1.77. The van der Waals surface area contributed by atoms with Crippen LogP contribution in [0.25, 0.3) is 10.9 Å². The lowest BCUT2D eigenvalue weighted by Gasteiger charge is -2.08. The van der Waals surface area contributed by atoms with Gasteiger partial charge in [0.25, 0.3) is 0 Å². The Labute approximate surface area is 160 Å². The lowest BCUT2D eigenvalue weighted by Crippen LogP contribution is -2.02. The van der Waals surface area contributed by atoms with Gasteiger partial charge in [-0.3, -0.25) is 4.79 Å². The van der Waals surface area contributed by atoms with Crippen LogP contribution in [0.1, 0.15) is 12.8 Å². The molecule has 0 aliphatic heterocycles. The number of pyridine rings is 1. The maximum Gasteiger partial charge on any atom is 0.248 e. The molecule has 3 rings (SSSR count). The molecule has 6 heteroatoms. The van der Waals surface area contributed by atoms with Gasteiger partial charge in [0.1, 0.15) is 5.75 Å². The molecule has 1 aromatic heterocycles. The third kappa shape index (κ3) is 5.18. The van der Waals surface area contributed by atoms with Crippen LogP contribution in [0.15, 0.2) is 58.2 Å². The standard InChI is InChI=1S/C19H17Cl2NO2S/c20-14-4-6-16(21)18(12-14)25-10-2-1-9-24-15-5-7-17-13(11-15)3-8-19(23)22-17/h3-8,11-12H,1-2,9-10H2,(H,22,23). The molecule has 3 aromatic rings. The van der Waals surface area contributed by atoms with Gasteiger partial charge in [-0.1, -0.05) is 23.2 Å². The van der Waals surface area contributed by atoms with Crippen molar-refractivity contribution in [1.82, 2.24) is 4.98 Å². The highest BCUT2D eigenvalue weighted by molar-refractivity contribution is 7.99. The first-order valence-corrected chi connectivity index (χ1v) is 9.70. The van der Waals surface area contributed by atoms with Crippen molar-refractivity contribution in [2.45, 2.75) is 17.7 Å². The molecule has 0 unspecified atom stereocenters. The number of aromatic nitrogens is 1. The van der Waals surface area contributed by atoms with Crippen LogP contribution in [0.3, 0.4) is 0 Å². The number of thioether (sulfide) groups is 1. The summed E-state index contributed by atoms with van der Waals surface area (Å²) in [6, 6.07) is 14.5. The summed E-state index contributed by atoms with van der Waals surface area (Å²) >= 11 is 13.8. The summed E-state index contributed by atoms with van der Waals surface area (Å²) in [5.41, 5.74) is 0.716. The van der Waals surface area contributed by atoms with Gasteiger partial charge in [-0.15, -0.1) is 11.8 Å². The topological polar surface area (TPSA) is 42.1 Å². The van der Waals surface area contributed by atoms with Gasteiger partial charge in [0, 0.05) is 26.9 Å². The first-order chi connectivity index (χ1) is 12.1. The average Bonchev–Trinajstić information content (AvgIpc) is 2.60. The summed E-state index contributed by atoms with van der Waals surface area (Å²) in [5, 5.41) is 2.40. The van der Waals surface area contributed by atoms with E-state index < -0.39 is 0 Å². The van der Waals surface area contributed by atoms with E-state index in [4.69, 9.17) is 27.9 Å². The van der Waals surface area contributed by atoms with E-state index in [0.29, 0.717) is 11.6 Å². The van der Waals surface area contributed by atoms with E-state index in [1.54, 1.807) is 23.9 Å². The number of hydrogen-bond acceptors (Lipinski definition) is 3. The monoisotopic (exact) mass is 393 g/mol. The molecule has 0 saturated carbocycles. The molecule has 2 aromatic carbocycles. The molecular formula is C19H17Cl2NO2S. The van der Waals surface area contributed by atoms with E-state index in [1.807, 2.05) is 30.3 Å². The van der Waals surface area contributed by atoms with E-state index >= 15 is 0 Å². The average molecular weight is 394 g/mol. The van der Waals surface area contributed by atoms with Crippen LogP contribution in [-0.2, 0) is 0 Å². The number of ether oxygens (including phenoxy) is 1. The van der Waals surface area contributed by atoms with Gasteiger partial charge >= 0.3 is 0 Å². The summed E-state index contributed by atoms with van der Waals surface area (Å²) in [4.78, 5) is 15.1. The Morgan fingerprint density at radius 1 is 1.00 bits per heavy atom. The first kappa shape index (κ1) is 18.2. The molecule has 0 amide bonds. The fraction of sp³-hybridized carbons (Fsp3) is 0.211. The summed E-state index contributed by atoms with van der Waals surface area (Å²) in [6.45, 7) is 0.651. The predicted molar refractivity (Wildman–Crippen MR) is 106 cm³/mol. The van der Waals surface area contributed by atoms with Crippen molar-refractivity contribution in [3.05, 3.63) is 68.9 Å². The maximum atomic E-state index is 11.3. The van der Waals surface area contributed by atoms with Gasteiger partial charge in [0.2, 0.25) is 5.56 Å². The normalized spacial score (nSPS) is 11.0. The zero-order valence-electron chi connectivity index (χ0n) is 13.4. The molecule has 0 atom stereocenters. The Hall–Kier alpha value is -1.62. The first-order valence-electron chi connectivity index (χ1n) is 7.95. The van der Waals surface area contributed by atoms with Crippen LogP contribution < -0.4 is 10.3 Å². The molecule has 0 spiro atoms. The second-order valence-corrected chi connectivity index (χ2v) is 7.53. The molecular weight excluding hydrogens is 377 g/mol. The van der Waals surface area contributed by atoms with Crippen LogP contribution in [0.5, 0.6) is 5.75 Å². The molecule has 0 aliphatic carbocycles. The van der Waals surface area contributed by atoms with Gasteiger partial charge in [-0.2, -0.15) is 0 Å². The van der Waals surface area contributed by atoms with E-state index in [1.165, 1.54) is 6.07 Å². The third-order valence-corrected chi connectivity index (χ3v) is 5.47. The van der Waals surface area contributed by atoms with Crippen molar-refractivity contribution >= 4 is 45.9 Å². The highest BCUT2D eigenvalue weighted by Gasteiger charge is 2.03. The molecule has 3 nitrogen and oxygen atoms in total. The zero-order valence-corrected chi connectivity index (χ0v) is 15.8. The van der Waals surface area contributed by atoms with Crippen molar-refractivity contribution in [3.8, 4) is 5.75 Å². The smallest absolute Gasteiger partial charge is 0.248 e. The second-order valence-electron chi connectivity index (χ2n) is 5.55. The van der Waals surface area contributed by atoms with E-state index in [2.05, 4.69) is 4.98 Å². The van der Waals surface area contributed by atoms with Crippen LogP contribution in [0, 0.1) is 0 Å². The number of rotatable bonds is 7. The van der Waals surface area contributed by atoms with E-state index in [0.717, 1.165) is 45.2 Å². The molecule has 0 saturated heterocycles. The number of aromatic amines is 1. The molecule has 0 aliphatic rings. The molecule has 25 heavy (non-hydrogen) atoms. The lowest BCUT2D eigenvalue weighted by molar-refractivity contribution is 0.310. The molecule has 130 valence electrons. The van der Waals surface area contributed by atoms with Crippen molar-refractivity contribution < 1.29 is 4.74 Å². The Morgan fingerprint density at radius 3 is 2.76 bits per heavy atom. The van der Waals surface area contributed by atoms with Crippen LogP contribution in [0.4, 0.5) is 0 Å². The van der Waals surface area contributed by atoms with Crippen LogP contribution >= 0.6 is 35.0 Å². The Kier molecular flexibility index (Phi) is 6.29. The summed E-state index contributed by atoms with van der Waals surface area (Å²) in [7, 11) is 0. The number of H-pyrrole nitrogens is 1. The van der Waals surface area contributed by atoms with E-state index in [-0.39, 0.29) is 5.56 Å². The minimum Gasteiger partial charge on any atom is -0.494 e. The number of fused-ring (bicyclic) bond motifs is 1. The Morgan fingerprint density at radius 2 is 1.88 bits per heavy atom. The van der Waals surface area contributed by atoms with Gasteiger partial charge in [-0.25, -0.2) is 0 Å². The SMILES string of the molecule is O=c1ccc2cc(OCCCCSc3cc(Cl)ccc3Cl)ccc2[nH]1. The summed E-state index contributed by atoms with van der Waals surface area (Å²) in [6.07, 6.45) is 1.98. The van der Waals surface area contributed by atoms with Gasteiger partial charge < -0.3 is 9.72 Å². The van der Waals surface area contributed by atoms with Crippen LogP contribution in [-0.4, -0.2) is 17.3 Å². The number of benzene rings is 2. The minimum atomic E-state index is -0.0986. The van der Waals surface area contributed by atoms with Gasteiger partial charge in [0.05, 0.1) is 11.6 Å². The fourth-order valence-electron chi connectivity index (χ4n) is 2.39. The molecule has 1 N–H and O–H groups in total. The Bertz CT molecular complexity index is 927. The molecule has 0 fully saturated rings. The Balaban J connectivity index is 1.43. The highest BCUT2D eigenvalue weighted by Crippen LogP contribution is 2.30. The molecule has 0 bridgehead atoms. The van der Waals surface area contributed by atoms with Crippen LogP contribution in [0.2, 0.25) is 10.0 Å². The van der Waals surface area contributed by atoms with Gasteiger partial charge in [-0.05, 0) is 61.1 Å². The van der Waals surface area contributed by atoms with E-state index in [9.17, 15) is 4.79 Å². The second kappa shape index (κ2) is 8.65. The van der Waals surface area contributed by atoms with Gasteiger partial charge in [0.15, 0.2) is 0 Å². The number of halogens is 2. The highest BCUT2D eigenvalue weighted by atomic mass is 35.5. The number of nitrogens with one attached hydrogen (secondary N) is 1. The van der Waals surface area contributed by atoms with Crippen molar-refractivity contribution in [2.75, 3.05) is 12.4 Å². The molecule has 1 heterocycles. The minimum absolute atomic E-state index is 0.0986. The number of hydrogen-bond donors (Lipinski definition) is 1.